The largest absolute Gasteiger partial charge is 0.390 e. The molecule has 2 aromatic rings. The number of aliphatic hydroxyl groups excluding tert-OH is 1. The summed E-state index contributed by atoms with van der Waals surface area (Å²) in [6, 6.07) is 10.4. The Hall–Kier alpha value is -1.65. The molecule has 1 aliphatic heterocycles. The van der Waals surface area contributed by atoms with Crippen molar-refractivity contribution in [2.45, 2.75) is 26.1 Å². The van der Waals surface area contributed by atoms with Gasteiger partial charge in [-0.05, 0) is 5.56 Å². The Bertz CT molecular complexity index is 508. The van der Waals surface area contributed by atoms with Crippen molar-refractivity contribution < 1.29 is 9.63 Å². The van der Waals surface area contributed by atoms with Crippen molar-refractivity contribution in [2.75, 3.05) is 6.54 Å². The van der Waals surface area contributed by atoms with Crippen molar-refractivity contribution in [1.29, 1.82) is 0 Å². The molecule has 1 aromatic carbocycles. The first kappa shape index (κ1) is 11.4. The molecule has 1 aliphatic rings. The molecule has 0 bridgehead atoms. The van der Waals surface area contributed by atoms with Gasteiger partial charge >= 0.3 is 0 Å². The van der Waals surface area contributed by atoms with Crippen molar-refractivity contribution in [3.05, 3.63) is 52.9 Å². The lowest BCUT2D eigenvalue weighted by Gasteiger charge is -2.25. The van der Waals surface area contributed by atoms with E-state index in [0.717, 1.165) is 37.4 Å². The third-order valence-electron chi connectivity index (χ3n) is 3.39. The van der Waals surface area contributed by atoms with E-state index in [2.05, 4.69) is 34.3 Å². The van der Waals surface area contributed by atoms with E-state index in [1.165, 1.54) is 5.56 Å². The molecule has 0 atom stereocenters. The molecular formula is C14H16N2O2. The molecule has 0 saturated carbocycles. The zero-order chi connectivity index (χ0) is 12.4. The first-order chi connectivity index (χ1) is 8.86. The van der Waals surface area contributed by atoms with Gasteiger partial charge < -0.3 is 9.63 Å². The fraction of sp³-hybridized carbons (Fsp3) is 0.357. The van der Waals surface area contributed by atoms with Crippen LogP contribution in [0.15, 0.2) is 34.9 Å². The molecule has 0 aliphatic carbocycles. The molecule has 4 nitrogen and oxygen atoms in total. The number of rotatable bonds is 3. The Morgan fingerprint density at radius 2 is 2.11 bits per heavy atom. The number of aliphatic hydroxyl groups is 1. The number of hydrogen-bond donors (Lipinski definition) is 1. The van der Waals surface area contributed by atoms with Crippen LogP contribution in [0.1, 0.15) is 22.6 Å². The molecule has 18 heavy (non-hydrogen) atoms. The van der Waals surface area contributed by atoms with E-state index in [-0.39, 0.29) is 6.61 Å². The summed E-state index contributed by atoms with van der Waals surface area (Å²) in [4.78, 5) is 2.36. The molecule has 1 N–H and O–H groups in total. The minimum Gasteiger partial charge on any atom is -0.390 e. The smallest absolute Gasteiger partial charge is 0.142 e. The third-order valence-corrected chi connectivity index (χ3v) is 3.39. The maximum Gasteiger partial charge on any atom is 0.142 e. The van der Waals surface area contributed by atoms with Crippen molar-refractivity contribution in [3.63, 3.8) is 0 Å². The van der Waals surface area contributed by atoms with Crippen LogP contribution in [0.4, 0.5) is 0 Å². The summed E-state index contributed by atoms with van der Waals surface area (Å²) in [6.07, 6.45) is 0.870. The average molecular weight is 244 g/mol. The highest BCUT2D eigenvalue weighted by atomic mass is 16.5. The number of benzene rings is 1. The SMILES string of the molecule is OCc1noc2c1CN(Cc1ccccc1)CC2. The Kier molecular flexibility index (Phi) is 3.13. The lowest BCUT2D eigenvalue weighted by atomic mass is 10.1. The van der Waals surface area contributed by atoms with Crippen LogP contribution in [0.5, 0.6) is 0 Å². The van der Waals surface area contributed by atoms with Crippen molar-refractivity contribution in [1.82, 2.24) is 10.1 Å². The van der Waals surface area contributed by atoms with Gasteiger partial charge in [-0.15, -0.1) is 0 Å². The highest BCUT2D eigenvalue weighted by Crippen LogP contribution is 2.23. The molecular weight excluding hydrogens is 228 g/mol. The quantitative estimate of drug-likeness (QED) is 0.893. The topological polar surface area (TPSA) is 49.5 Å². The van der Waals surface area contributed by atoms with E-state index >= 15 is 0 Å². The standard InChI is InChI=1S/C14H16N2O2/c17-10-13-12-9-16(7-6-14(12)18-15-13)8-11-4-2-1-3-5-11/h1-5,17H,6-10H2. The summed E-state index contributed by atoms with van der Waals surface area (Å²) in [5.41, 5.74) is 3.06. The molecule has 0 unspecified atom stereocenters. The van der Waals surface area contributed by atoms with Crippen LogP contribution in [-0.2, 0) is 26.1 Å². The summed E-state index contributed by atoms with van der Waals surface area (Å²) in [6.45, 7) is 2.67. The summed E-state index contributed by atoms with van der Waals surface area (Å²) in [5.74, 6) is 0.934. The second-order valence-electron chi connectivity index (χ2n) is 4.64. The van der Waals surface area contributed by atoms with Crippen LogP contribution in [0.3, 0.4) is 0 Å². The van der Waals surface area contributed by atoms with Crippen LogP contribution >= 0.6 is 0 Å². The fourth-order valence-electron chi connectivity index (χ4n) is 2.42. The minimum absolute atomic E-state index is 0.0436. The Labute approximate surface area is 106 Å². The van der Waals surface area contributed by atoms with Gasteiger partial charge in [0.1, 0.15) is 11.5 Å². The van der Waals surface area contributed by atoms with E-state index in [1.807, 2.05) is 6.07 Å². The molecule has 0 fully saturated rings. The van der Waals surface area contributed by atoms with Crippen molar-refractivity contribution in [2.24, 2.45) is 0 Å². The third kappa shape index (κ3) is 2.17. The summed E-state index contributed by atoms with van der Waals surface area (Å²) < 4.78 is 5.24. The van der Waals surface area contributed by atoms with Gasteiger partial charge in [0, 0.05) is 31.6 Å². The van der Waals surface area contributed by atoms with Crippen molar-refractivity contribution in [3.8, 4) is 0 Å². The maximum atomic E-state index is 9.22. The van der Waals surface area contributed by atoms with E-state index < -0.39 is 0 Å². The predicted octanol–water partition coefficient (Wildman–Crippen LogP) is 1.73. The zero-order valence-electron chi connectivity index (χ0n) is 10.2. The van der Waals surface area contributed by atoms with Gasteiger partial charge in [-0.3, -0.25) is 4.90 Å². The molecule has 1 aromatic heterocycles. The first-order valence-corrected chi connectivity index (χ1v) is 6.20. The number of hydrogen-bond acceptors (Lipinski definition) is 4. The Morgan fingerprint density at radius 1 is 1.28 bits per heavy atom. The molecule has 0 spiro atoms. The van der Waals surface area contributed by atoms with Crippen LogP contribution in [0.25, 0.3) is 0 Å². The van der Waals surface area contributed by atoms with E-state index in [9.17, 15) is 5.11 Å². The lowest BCUT2D eigenvalue weighted by molar-refractivity contribution is 0.228. The van der Waals surface area contributed by atoms with Crippen LogP contribution in [-0.4, -0.2) is 21.7 Å². The molecule has 0 saturated heterocycles. The number of nitrogens with zero attached hydrogens (tertiary/aromatic N) is 2. The highest BCUT2D eigenvalue weighted by molar-refractivity contribution is 5.25. The second-order valence-corrected chi connectivity index (χ2v) is 4.64. The Morgan fingerprint density at radius 3 is 2.89 bits per heavy atom. The second kappa shape index (κ2) is 4.92. The van der Waals surface area contributed by atoms with Gasteiger partial charge in [-0.2, -0.15) is 0 Å². The summed E-state index contributed by atoms with van der Waals surface area (Å²) >= 11 is 0. The Balaban J connectivity index is 1.74. The molecule has 2 heterocycles. The van der Waals surface area contributed by atoms with Crippen LogP contribution in [0.2, 0.25) is 0 Å². The van der Waals surface area contributed by atoms with E-state index in [1.54, 1.807) is 0 Å². The normalized spacial score (nSPS) is 15.6. The van der Waals surface area contributed by atoms with Gasteiger partial charge in [-0.1, -0.05) is 35.5 Å². The molecule has 0 amide bonds. The monoisotopic (exact) mass is 244 g/mol. The molecule has 0 radical (unpaired) electrons. The summed E-state index contributed by atoms with van der Waals surface area (Å²) in [5, 5.41) is 13.1. The molecule has 4 heteroatoms. The highest BCUT2D eigenvalue weighted by Gasteiger charge is 2.23. The van der Waals surface area contributed by atoms with E-state index in [4.69, 9.17) is 4.52 Å². The van der Waals surface area contributed by atoms with Crippen LogP contribution in [0, 0.1) is 0 Å². The van der Waals surface area contributed by atoms with Gasteiger partial charge in [0.25, 0.3) is 0 Å². The fourth-order valence-corrected chi connectivity index (χ4v) is 2.42. The van der Waals surface area contributed by atoms with Gasteiger partial charge in [0.15, 0.2) is 0 Å². The molecule has 3 rings (SSSR count). The molecule has 94 valence electrons. The average Bonchev–Trinajstić information content (AvgIpc) is 2.82. The first-order valence-electron chi connectivity index (χ1n) is 6.20. The van der Waals surface area contributed by atoms with Gasteiger partial charge in [-0.25, -0.2) is 0 Å². The van der Waals surface area contributed by atoms with E-state index in [0.29, 0.717) is 5.69 Å². The number of fused-ring (bicyclic) bond motifs is 1. The van der Waals surface area contributed by atoms with Gasteiger partial charge in [0.05, 0.1) is 6.61 Å². The summed E-state index contributed by atoms with van der Waals surface area (Å²) in [7, 11) is 0. The minimum atomic E-state index is -0.0436. The van der Waals surface area contributed by atoms with Gasteiger partial charge in [0.2, 0.25) is 0 Å². The zero-order valence-corrected chi connectivity index (χ0v) is 10.2. The number of aromatic nitrogens is 1. The van der Waals surface area contributed by atoms with Crippen molar-refractivity contribution >= 4 is 0 Å². The predicted molar refractivity (Wildman–Crippen MR) is 66.7 cm³/mol. The lowest BCUT2D eigenvalue weighted by Crippen LogP contribution is -2.29. The maximum absolute atomic E-state index is 9.22. The van der Waals surface area contributed by atoms with Crippen LogP contribution < -0.4 is 0 Å².